The summed E-state index contributed by atoms with van der Waals surface area (Å²) >= 11 is 0. The van der Waals surface area contributed by atoms with E-state index in [1.165, 1.54) is 22.3 Å². The van der Waals surface area contributed by atoms with Crippen molar-refractivity contribution >= 4 is 21.9 Å². The van der Waals surface area contributed by atoms with E-state index in [9.17, 15) is 0 Å². The minimum atomic E-state index is 0.815. The molecule has 6 aromatic rings. The van der Waals surface area contributed by atoms with Crippen LogP contribution in [0, 0.1) is 6.07 Å². The molecule has 2 nitrogen and oxygen atoms in total. The number of benzene rings is 4. The van der Waals surface area contributed by atoms with E-state index in [-0.39, 0.29) is 0 Å². The molecule has 145 valence electrons. The fourth-order valence-electron chi connectivity index (χ4n) is 4.70. The van der Waals surface area contributed by atoms with Gasteiger partial charge < -0.3 is 8.83 Å². The number of rotatable bonds is 2. The van der Waals surface area contributed by atoms with Crippen molar-refractivity contribution in [2.45, 2.75) is 6.42 Å². The van der Waals surface area contributed by atoms with Crippen LogP contribution in [0.25, 0.3) is 55.7 Å². The van der Waals surface area contributed by atoms with Crippen LogP contribution in [0.4, 0.5) is 0 Å². The van der Waals surface area contributed by atoms with E-state index in [1.807, 2.05) is 36.4 Å². The Bertz CT molecular complexity index is 1550. The summed E-state index contributed by atoms with van der Waals surface area (Å²) in [6, 6.07) is 35.0. The van der Waals surface area contributed by atoms with Gasteiger partial charge in [-0.1, -0.05) is 60.7 Å². The molecule has 0 aliphatic heterocycles. The summed E-state index contributed by atoms with van der Waals surface area (Å²) in [5.74, 6) is 1.65. The van der Waals surface area contributed by atoms with E-state index in [4.69, 9.17) is 8.83 Å². The van der Waals surface area contributed by atoms with Crippen LogP contribution in [0.15, 0.2) is 99.8 Å². The van der Waals surface area contributed by atoms with E-state index in [0.29, 0.717) is 0 Å². The fraction of sp³-hybridized carbons (Fsp3) is 0.0345. The molecule has 4 aromatic carbocycles. The topological polar surface area (TPSA) is 26.3 Å². The van der Waals surface area contributed by atoms with Crippen molar-refractivity contribution < 1.29 is 8.83 Å². The molecule has 7 rings (SSSR count). The van der Waals surface area contributed by atoms with Crippen molar-refractivity contribution in [3.05, 3.63) is 108 Å². The zero-order valence-electron chi connectivity index (χ0n) is 16.7. The Kier molecular flexibility index (Phi) is 3.36. The van der Waals surface area contributed by atoms with E-state index in [1.54, 1.807) is 0 Å². The summed E-state index contributed by atoms with van der Waals surface area (Å²) < 4.78 is 12.5. The average molecular weight is 397 g/mol. The summed E-state index contributed by atoms with van der Waals surface area (Å²) in [5.41, 5.74) is 8.77. The van der Waals surface area contributed by atoms with Crippen LogP contribution in [0.5, 0.6) is 0 Å². The monoisotopic (exact) mass is 397 g/mol. The normalized spacial score (nSPS) is 12.4. The highest BCUT2D eigenvalue weighted by atomic mass is 16.3. The van der Waals surface area contributed by atoms with Gasteiger partial charge in [0.1, 0.15) is 22.7 Å². The fourth-order valence-corrected chi connectivity index (χ4v) is 4.70. The minimum Gasteiger partial charge on any atom is -0.456 e. The maximum absolute atomic E-state index is 6.28. The Balaban J connectivity index is 1.52. The highest BCUT2D eigenvalue weighted by Crippen LogP contribution is 2.44. The molecule has 0 saturated heterocycles. The zero-order chi connectivity index (χ0) is 20.4. The predicted octanol–water partition coefficient (Wildman–Crippen LogP) is 7.88. The second-order valence-electron chi connectivity index (χ2n) is 8.08. The largest absolute Gasteiger partial charge is 0.456 e. The van der Waals surface area contributed by atoms with Crippen molar-refractivity contribution in [1.82, 2.24) is 0 Å². The van der Waals surface area contributed by atoms with Crippen LogP contribution in [0.3, 0.4) is 0 Å². The first kappa shape index (κ1) is 16.7. The van der Waals surface area contributed by atoms with Gasteiger partial charge in [0, 0.05) is 21.9 Å². The summed E-state index contributed by atoms with van der Waals surface area (Å²) in [6.45, 7) is 0. The van der Waals surface area contributed by atoms with Crippen molar-refractivity contribution in [1.29, 1.82) is 0 Å². The maximum atomic E-state index is 6.28. The van der Waals surface area contributed by atoms with E-state index in [2.05, 4.69) is 60.7 Å². The summed E-state index contributed by atoms with van der Waals surface area (Å²) in [5, 5.41) is 2.18. The molecule has 0 spiro atoms. The molecule has 0 saturated carbocycles. The average Bonchev–Trinajstić information content (AvgIpc) is 3.51. The summed E-state index contributed by atoms with van der Waals surface area (Å²) in [6.07, 6.45) is 0.888. The molecule has 0 N–H and O–H groups in total. The smallest absolute Gasteiger partial charge is 0.136 e. The van der Waals surface area contributed by atoms with Gasteiger partial charge in [0.25, 0.3) is 0 Å². The molecule has 31 heavy (non-hydrogen) atoms. The third kappa shape index (κ3) is 2.52. The maximum Gasteiger partial charge on any atom is 0.136 e. The van der Waals surface area contributed by atoms with Crippen LogP contribution in [-0.2, 0) is 6.42 Å². The highest BCUT2D eigenvalue weighted by Gasteiger charge is 2.24. The molecule has 2 heteroatoms. The Morgan fingerprint density at radius 3 is 2.00 bits per heavy atom. The van der Waals surface area contributed by atoms with Crippen molar-refractivity contribution in [3.63, 3.8) is 0 Å². The molecule has 1 aliphatic carbocycles. The van der Waals surface area contributed by atoms with Crippen LogP contribution in [0.1, 0.15) is 11.1 Å². The molecule has 0 bridgehead atoms. The first-order valence-corrected chi connectivity index (χ1v) is 10.5. The second-order valence-corrected chi connectivity index (χ2v) is 8.08. The number of hydrogen-bond donors (Lipinski definition) is 0. The third-order valence-corrected chi connectivity index (χ3v) is 6.20. The lowest BCUT2D eigenvalue weighted by molar-refractivity contribution is 0.624. The number of hydrogen-bond acceptors (Lipinski definition) is 2. The van der Waals surface area contributed by atoms with Gasteiger partial charge in [-0.2, -0.15) is 0 Å². The Hall–Kier alpha value is -4.04. The van der Waals surface area contributed by atoms with Crippen molar-refractivity contribution in [2.75, 3.05) is 0 Å². The van der Waals surface area contributed by atoms with E-state index >= 15 is 0 Å². The molecule has 1 aliphatic rings. The van der Waals surface area contributed by atoms with Gasteiger partial charge >= 0.3 is 0 Å². The van der Waals surface area contributed by atoms with Gasteiger partial charge in [0.15, 0.2) is 0 Å². The van der Waals surface area contributed by atoms with Gasteiger partial charge in [-0.3, -0.25) is 0 Å². The minimum absolute atomic E-state index is 0.815. The lowest BCUT2D eigenvalue weighted by Crippen LogP contribution is -1.88. The number of para-hydroxylation sites is 2. The molecule has 0 amide bonds. The molecule has 2 aromatic heterocycles. The zero-order valence-corrected chi connectivity index (χ0v) is 16.7. The molecule has 2 heterocycles. The molecule has 0 fully saturated rings. The van der Waals surface area contributed by atoms with Gasteiger partial charge in [0.2, 0.25) is 0 Å². The van der Waals surface area contributed by atoms with Crippen molar-refractivity contribution in [2.24, 2.45) is 0 Å². The van der Waals surface area contributed by atoms with Crippen LogP contribution in [0.2, 0.25) is 0 Å². The summed E-state index contributed by atoms with van der Waals surface area (Å²) in [4.78, 5) is 0. The molecular weight excluding hydrogens is 380 g/mol. The lowest BCUT2D eigenvalue weighted by Gasteiger charge is -2.09. The molecule has 0 atom stereocenters. The van der Waals surface area contributed by atoms with Crippen LogP contribution >= 0.6 is 0 Å². The number of furan rings is 2. The molecule has 0 unspecified atom stereocenters. The Morgan fingerprint density at radius 1 is 0.581 bits per heavy atom. The van der Waals surface area contributed by atoms with Gasteiger partial charge in [-0.25, -0.2) is 0 Å². The Morgan fingerprint density at radius 2 is 1.23 bits per heavy atom. The highest BCUT2D eigenvalue weighted by molar-refractivity contribution is 5.93. The predicted molar refractivity (Wildman–Crippen MR) is 124 cm³/mol. The van der Waals surface area contributed by atoms with Crippen LogP contribution in [-0.4, -0.2) is 0 Å². The van der Waals surface area contributed by atoms with Gasteiger partial charge in [-0.05, 0) is 65.1 Å². The van der Waals surface area contributed by atoms with Gasteiger partial charge in [0.05, 0.1) is 0 Å². The second kappa shape index (κ2) is 6.23. The first-order valence-electron chi connectivity index (χ1n) is 10.5. The Labute approximate surface area is 179 Å². The standard InChI is InChI=1S/C29H17O2/c1-4-10-22-18(7-1)13-21-14-24(28-15-19-8-2-5-11-26(19)30-28)25(17-23(21)22)29-16-20-9-3-6-12-27(20)31-29/h1-12,15-17H,13H2. The quantitative estimate of drug-likeness (QED) is 0.296. The van der Waals surface area contributed by atoms with Crippen molar-refractivity contribution in [3.8, 4) is 33.8 Å². The third-order valence-electron chi connectivity index (χ3n) is 6.20. The molecular formula is C29H17O2. The van der Waals surface area contributed by atoms with E-state index < -0.39 is 0 Å². The first-order chi connectivity index (χ1) is 15.3. The number of fused-ring (bicyclic) bond motifs is 5. The van der Waals surface area contributed by atoms with Crippen LogP contribution < -0.4 is 0 Å². The van der Waals surface area contributed by atoms with Gasteiger partial charge in [-0.15, -0.1) is 0 Å². The lowest BCUT2D eigenvalue weighted by atomic mass is 9.95. The SMILES string of the molecule is [c]1c2c(cc(-c3cc4ccccc4o3)c1-c1cc3ccccc3o1)-c1ccccc1C2. The van der Waals surface area contributed by atoms with E-state index in [0.717, 1.165) is 51.0 Å². The summed E-state index contributed by atoms with van der Waals surface area (Å²) in [7, 11) is 0. The molecule has 1 radical (unpaired) electrons.